The molecule has 252 valence electrons. The summed E-state index contributed by atoms with van der Waals surface area (Å²) in [6, 6.07) is 4.40. The zero-order valence-corrected chi connectivity index (χ0v) is 28.1. The van der Waals surface area contributed by atoms with Gasteiger partial charge in [0.2, 0.25) is 11.2 Å². The molecule has 2 aromatic rings. The van der Waals surface area contributed by atoms with Gasteiger partial charge in [0.15, 0.2) is 23.7 Å². The van der Waals surface area contributed by atoms with Crippen LogP contribution in [0.1, 0.15) is 92.7 Å². The molecular formula is C35H40O12. The topological polar surface area (TPSA) is 154 Å². The van der Waals surface area contributed by atoms with Crippen LogP contribution in [0.4, 0.5) is 0 Å². The molecule has 12 nitrogen and oxygen atoms in total. The second-order valence-corrected chi connectivity index (χ2v) is 15.7. The van der Waals surface area contributed by atoms with E-state index >= 15 is 0 Å². The first-order valence-electron chi connectivity index (χ1n) is 16.0. The Labute approximate surface area is 271 Å². The van der Waals surface area contributed by atoms with Gasteiger partial charge >= 0.3 is 29.5 Å². The second-order valence-electron chi connectivity index (χ2n) is 15.7. The standard InChI is InChI=1S/C35H40O12/c1-29(2)24(44-28(40)35-15-13-33(8,26(38)47-35)31(35,5)6)23(43-27(39)34-14-12-32(7,25(37)46-34)30(34,3)4)20-21-17(10-11-19(36)42-21)16-18(41-9)22(20)45-29/h10-11,16,23-24H,12-15H2,1-9H3/t23-,24-,32?,33?,34?,35?/m1/s1. The monoisotopic (exact) mass is 652 g/mol. The van der Waals surface area contributed by atoms with Crippen LogP contribution in [0.15, 0.2) is 27.4 Å². The van der Waals surface area contributed by atoms with Gasteiger partial charge in [0.25, 0.3) is 0 Å². The van der Waals surface area contributed by atoms with Crippen molar-refractivity contribution < 1.29 is 52.0 Å². The van der Waals surface area contributed by atoms with Gasteiger partial charge in [-0.25, -0.2) is 14.4 Å². The summed E-state index contributed by atoms with van der Waals surface area (Å²) in [6.45, 7) is 14.1. The summed E-state index contributed by atoms with van der Waals surface area (Å²) in [5.74, 6) is -2.23. The number of carbonyl (C=O) groups is 4. The third-order valence-electron chi connectivity index (χ3n) is 13.0. The minimum Gasteiger partial charge on any atom is -0.493 e. The van der Waals surface area contributed by atoms with Crippen LogP contribution in [0.25, 0.3) is 11.0 Å². The predicted octanol–water partition coefficient (Wildman–Crippen LogP) is 4.71. The van der Waals surface area contributed by atoms with Crippen molar-refractivity contribution in [1.82, 2.24) is 0 Å². The van der Waals surface area contributed by atoms with Gasteiger partial charge in [0.1, 0.15) is 11.2 Å². The number of benzene rings is 1. The van der Waals surface area contributed by atoms with E-state index in [1.54, 1.807) is 61.5 Å². The minimum atomic E-state index is -1.62. The summed E-state index contributed by atoms with van der Waals surface area (Å²) in [6.07, 6.45) is -1.48. The van der Waals surface area contributed by atoms with Gasteiger partial charge in [0.05, 0.1) is 23.5 Å². The first kappa shape index (κ1) is 31.5. The molecular weight excluding hydrogens is 612 g/mol. The Morgan fingerprint density at radius 3 is 1.74 bits per heavy atom. The van der Waals surface area contributed by atoms with Gasteiger partial charge in [-0.05, 0) is 65.5 Å². The number of rotatable bonds is 5. The Balaban J connectivity index is 1.39. The van der Waals surface area contributed by atoms with Crippen LogP contribution in [0.3, 0.4) is 0 Å². The van der Waals surface area contributed by atoms with Gasteiger partial charge in [-0.3, -0.25) is 9.59 Å². The fraction of sp³-hybridized carbons (Fsp3) is 0.629. The zero-order chi connectivity index (χ0) is 34.3. The fourth-order valence-corrected chi connectivity index (χ4v) is 8.70. The number of fused-ring (bicyclic) bond motifs is 7. The van der Waals surface area contributed by atoms with E-state index in [1.165, 1.54) is 19.2 Å². The van der Waals surface area contributed by atoms with Crippen LogP contribution in [0, 0.1) is 21.7 Å². The third kappa shape index (κ3) is 3.51. The van der Waals surface area contributed by atoms with Gasteiger partial charge in [0, 0.05) is 22.3 Å². The largest absolute Gasteiger partial charge is 0.493 e. The maximum atomic E-state index is 14.5. The Morgan fingerprint density at radius 1 is 0.745 bits per heavy atom. The molecule has 6 atom stereocenters. The maximum absolute atomic E-state index is 14.5. The molecule has 0 amide bonds. The molecule has 0 N–H and O–H groups in total. The highest BCUT2D eigenvalue weighted by Gasteiger charge is 2.78. The molecule has 47 heavy (non-hydrogen) atoms. The highest BCUT2D eigenvalue weighted by Crippen LogP contribution is 2.68. The van der Waals surface area contributed by atoms with Crippen molar-refractivity contribution >= 4 is 34.8 Å². The number of hydrogen-bond acceptors (Lipinski definition) is 12. The summed E-state index contributed by atoms with van der Waals surface area (Å²) >= 11 is 0. The minimum absolute atomic E-state index is 0.0401. The van der Waals surface area contributed by atoms with Gasteiger partial charge in [-0.2, -0.15) is 0 Å². The van der Waals surface area contributed by atoms with Crippen molar-refractivity contribution in [3.8, 4) is 11.5 Å². The number of methoxy groups -OCH3 is 1. The molecule has 4 heterocycles. The van der Waals surface area contributed by atoms with E-state index in [-0.39, 0.29) is 35.5 Å². The van der Waals surface area contributed by atoms with Crippen molar-refractivity contribution in [3.63, 3.8) is 0 Å². The first-order chi connectivity index (χ1) is 21.7. The van der Waals surface area contributed by atoms with Crippen LogP contribution < -0.4 is 15.1 Å². The molecule has 5 aliphatic rings. The second kappa shape index (κ2) is 9.08. The molecule has 2 aliphatic carbocycles. The van der Waals surface area contributed by atoms with Crippen LogP contribution in [0.5, 0.6) is 11.5 Å². The predicted molar refractivity (Wildman–Crippen MR) is 162 cm³/mol. The number of ether oxygens (including phenoxy) is 6. The Hall–Kier alpha value is -4.09. The van der Waals surface area contributed by atoms with Crippen molar-refractivity contribution in [2.24, 2.45) is 21.7 Å². The summed E-state index contributed by atoms with van der Waals surface area (Å²) < 4.78 is 42.2. The Bertz CT molecular complexity index is 1850. The summed E-state index contributed by atoms with van der Waals surface area (Å²) in [5, 5.41) is 0.435. The molecule has 0 spiro atoms. The van der Waals surface area contributed by atoms with Crippen molar-refractivity contribution in [2.75, 3.05) is 7.11 Å². The normalized spacial score (nSPS) is 36.7. The zero-order valence-electron chi connectivity index (χ0n) is 28.1. The molecule has 4 bridgehead atoms. The third-order valence-corrected chi connectivity index (χ3v) is 13.0. The Morgan fingerprint density at radius 2 is 1.28 bits per heavy atom. The molecule has 1 aromatic heterocycles. The first-order valence-corrected chi connectivity index (χ1v) is 16.0. The van der Waals surface area contributed by atoms with E-state index in [0.29, 0.717) is 18.2 Å². The molecule has 0 radical (unpaired) electrons. The lowest BCUT2D eigenvalue weighted by Gasteiger charge is -2.46. The Kier molecular flexibility index (Phi) is 6.08. The average Bonchev–Trinajstić information content (AvgIpc) is 3.46. The molecule has 12 heteroatoms. The molecule has 2 saturated heterocycles. The van der Waals surface area contributed by atoms with E-state index in [2.05, 4.69) is 0 Å². The summed E-state index contributed by atoms with van der Waals surface area (Å²) in [4.78, 5) is 67.6. The highest BCUT2D eigenvalue weighted by molar-refractivity contribution is 5.95. The molecule has 7 rings (SSSR count). The summed E-state index contributed by atoms with van der Waals surface area (Å²) in [5.41, 5.74) is -8.80. The van der Waals surface area contributed by atoms with E-state index in [9.17, 15) is 24.0 Å². The van der Waals surface area contributed by atoms with Crippen molar-refractivity contribution in [1.29, 1.82) is 0 Å². The van der Waals surface area contributed by atoms with Crippen molar-refractivity contribution in [2.45, 2.75) is 110 Å². The van der Waals surface area contributed by atoms with Crippen LogP contribution in [-0.4, -0.2) is 53.9 Å². The molecule has 3 aliphatic heterocycles. The fourth-order valence-electron chi connectivity index (χ4n) is 8.70. The van der Waals surface area contributed by atoms with Gasteiger partial charge in [-0.1, -0.05) is 27.7 Å². The SMILES string of the molecule is COc1cc2ccc(=O)oc2c2c1OC(C)(C)[C@H](OC(=O)C13CCC(C)(C(=O)O1)C3(C)C)[C@@H]2OC(=O)C12CCC(C)(C(=O)O1)C2(C)C. The van der Waals surface area contributed by atoms with Crippen LogP contribution >= 0.6 is 0 Å². The smallest absolute Gasteiger partial charge is 0.351 e. The number of hydrogen-bond donors (Lipinski definition) is 0. The van der Waals surface area contributed by atoms with E-state index in [4.69, 9.17) is 32.8 Å². The lowest BCUT2D eigenvalue weighted by atomic mass is 9.66. The molecule has 4 unspecified atom stereocenters. The quantitative estimate of drug-likeness (QED) is 0.250. The lowest BCUT2D eigenvalue weighted by molar-refractivity contribution is -0.217. The molecule has 4 fully saturated rings. The lowest BCUT2D eigenvalue weighted by Crippen LogP contribution is -2.57. The van der Waals surface area contributed by atoms with E-state index < -0.39 is 80.2 Å². The van der Waals surface area contributed by atoms with Crippen molar-refractivity contribution in [3.05, 3.63) is 34.2 Å². The maximum Gasteiger partial charge on any atom is 0.351 e. The van der Waals surface area contributed by atoms with Gasteiger partial charge in [-0.15, -0.1) is 0 Å². The number of carbonyl (C=O) groups excluding carboxylic acids is 4. The van der Waals surface area contributed by atoms with Crippen LogP contribution in [0.2, 0.25) is 0 Å². The number of esters is 4. The van der Waals surface area contributed by atoms with E-state index in [0.717, 1.165) is 0 Å². The van der Waals surface area contributed by atoms with Gasteiger partial charge < -0.3 is 32.8 Å². The summed E-state index contributed by atoms with van der Waals surface area (Å²) in [7, 11) is 1.44. The average molecular weight is 653 g/mol. The van der Waals surface area contributed by atoms with E-state index in [1.807, 2.05) is 0 Å². The van der Waals surface area contributed by atoms with Crippen LogP contribution in [-0.2, 0) is 38.1 Å². The molecule has 1 aromatic carbocycles. The molecule has 2 saturated carbocycles. The highest BCUT2D eigenvalue weighted by atomic mass is 16.7.